The summed E-state index contributed by atoms with van der Waals surface area (Å²) < 4.78 is 51.0. The first-order valence-corrected chi connectivity index (χ1v) is 8.41. The van der Waals surface area contributed by atoms with Crippen LogP contribution < -0.4 is 0 Å². The summed E-state index contributed by atoms with van der Waals surface area (Å²) in [6.07, 6.45) is 1.11. The van der Waals surface area contributed by atoms with E-state index in [9.17, 15) is 17.4 Å². The van der Waals surface area contributed by atoms with Gasteiger partial charge >= 0.3 is 6.18 Å². The first kappa shape index (κ1) is 14.8. The zero-order valence-corrected chi connectivity index (χ0v) is 12.6. The second-order valence-electron chi connectivity index (χ2n) is 5.90. The van der Waals surface area contributed by atoms with Crippen molar-refractivity contribution in [1.82, 2.24) is 0 Å². The maximum absolute atomic E-state index is 12.9. The van der Waals surface area contributed by atoms with Crippen LogP contribution in [0.3, 0.4) is 0 Å². The molecule has 3 atom stereocenters. The predicted molar refractivity (Wildman–Crippen MR) is 78.3 cm³/mol. The summed E-state index contributed by atoms with van der Waals surface area (Å²) in [5.41, 5.74) is 1.57. The second kappa shape index (κ2) is 5.27. The molecule has 21 heavy (non-hydrogen) atoms. The topological polar surface area (TPSA) is 17.1 Å². The lowest BCUT2D eigenvalue weighted by Crippen LogP contribution is -2.33. The summed E-state index contributed by atoms with van der Waals surface area (Å²) in [5.74, 6) is 0. The average molecular weight is 314 g/mol. The van der Waals surface area contributed by atoms with Gasteiger partial charge in [-0.3, -0.25) is 4.21 Å². The second-order valence-corrected chi connectivity index (χ2v) is 7.83. The van der Waals surface area contributed by atoms with Crippen molar-refractivity contribution in [2.75, 3.05) is 0 Å². The molecule has 2 aliphatic heterocycles. The fourth-order valence-corrected chi connectivity index (χ4v) is 5.18. The molecule has 0 aliphatic carbocycles. The maximum Gasteiger partial charge on any atom is 0.416 e. The highest BCUT2D eigenvalue weighted by molar-refractivity contribution is 7.86. The smallest absolute Gasteiger partial charge is 0.259 e. The summed E-state index contributed by atoms with van der Waals surface area (Å²) >= 11 is 0. The molecule has 114 valence electrons. The van der Waals surface area contributed by atoms with E-state index >= 15 is 0 Å². The molecular weight excluding hydrogens is 297 g/mol. The lowest BCUT2D eigenvalue weighted by Gasteiger charge is -2.33. The molecule has 0 N–H and O–H groups in total. The highest BCUT2D eigenvalue weighted by Gasteiger charge is 2.35. The van der Waals surface area contributed by atoms with Crippen LogP contribution >= 0.6 is 0 Å². The monoisotopic (exact) mass is 314 g/mol. The Balaban J connectivity index is 2.01. The van der Waals surface area contributed by atoms with E-state index in [4.69, 9.17) is 0 Å². The molecular formula is C16H17F3OS. The third kappa shape index (κ3) is 2.93. The number of benzene rings is 1. The van der Waals surface area contributed by atoms with Crippen molar-refractivity contribution in [1.29, 1.82) is 0 Å². The molecule has 3 rings (SSSR count). The Morgan fingerprint density at radius 3 is 2.62 bits per heavy atom. The van der Waals surface area contributed by atoms with E-state index in [1.807, 2.05) is 6.08 Å². The van der Waals surface area contributed by atoms with Crippen molar-refractivity contribution in [2.24, 2.45) is 0 Å². The SMILES string of the molecule is Cc1cc(C2=CC3CCCC(C2)S3=O)cc(C(F)(F)F)c1. The quantitative estimate of drug-likeness (QED) is 0.747. The zero-order valence-electron chi connectivity index (χ0n) is 11.7. The number of halogens is 3. The van der Waals surface area contributed by atoms with Gasteiger partial charge in [0.1, 0.15) is 0 Å². The van der Waals surface area contributed by atoms with Gasteiger partial charge in [-0.2, -0.15) is 13.2 Å². The number of rotatable bonds is 1. The van der Waals surface area contributed by atoms with Crippen LogP contribution in [0, 0.1) is 6.92 Å². The average Bonchev–Trinajstić information content (AvgIpc) is 2.36. The molecule has 1 saturated heterocycles. The maximum atomic E-state index is 12.9. The minimum atomic E-state index is -4.32. The first-order valence-electron chi connectivity index (χ1n) is 7.14. The molecule has 0 aromatic heterocycles. The van der Waals surface area contributed by atoms with Gasteiger partial charge in [-0.15, -0.1) is 0 Å². The van der Waals surface area contributed by atoms with Crippen LogP contribution in [0.2, 0.25) is 0 Å². The normalized spacial score (nSPS) is 29.1. The van der Waals surface area contributed by atoms with Crippen molar-refractivity contribution in [3.05, 3.63) is 41.0 Å². The Morgan fingerprint density at radius 2 is 1.95 bits per heavy atom. The van der Waals surface area contributed by atoms with Crippen LogP contribution in [-0.4, -0.2) is 14.7 Å². The Bertz CT molecular complexity index is 618. The Labute approximate surface area is 124 Å². The van der Waals surface area contributed by atoms with E-state index in [-0.39, 0.29) is 10.5 Å². The van der Waals surface area contributed by atoms with Gasteiger partial charge < -0.3 is 0 Å². The third-order valence-corrected chi connectivity index (χ3v) is 6.28. The van der Waals surface area contributed by atoms with E-state index in [0.29, 0.717) is 17.5 Å². The Hall–Kier alpha value is -1.10. The molecule has 2 heterocycles. The summed E-state index contributed by atoms with van der Waals surface area (Å²) in [7, 11) is -0.857. The lowest BCUT2D eigenvalue weighted by atomic mass is 9.91. The molecule has 2 bridgehead atoms. The molecule has 0 radical (unpaired) electrons. The van der Waals surface area contributed by atoms with Crippen LogP contribution in [0.5, 0.6) is 0 Å². The van der Waals surface area contributed by atoms with Crippen molar-refractivity contribution in [2.45, 2.75) is 49.3 Å². The predicted octanol–water partition coefficient (Wildman–Crippen LogP) is 4.47. The fraction of sp³-hybridized carbons (Fsp3) is 0.500. The van der Waals surface area contributed by atoms with Crippen molar-refractivity contribution < 1.29 is 17.4 Å². The Morgan fingerprint density at radius 1 is 1.19 bits per heavy atom. The van der Waals surface area contributed by atoms with Gasteiger partial charge in [-0.1, -0.05) is 18.6 Å². The van der Waals surface area contributed by atoms with Crippen LogP contribution in [0.25, 0.3) is 5.57 Å². The number of fused-ring (bicyclic) bond motifs is 2. The molecule has 2 aliphatic rings. The van der Waals surface area contributed by atoms with E-state index in [0.717, 1.165) is 24.8 Å². The number of allylic oxidation sites excluding steroid dienone is 1. The van der Waals surface area contributed by atoms with E-state index in [1.54, 1.807) is 13.0 Å². The van der Waals surface area contributed by atoms with E-state index in [1.165, 1.54) is 12.1 Å². The fourth-order valence-electron chi connectivity index (χ4n) is 3.24. The minimum absolute atomic E-state index is 0.0161. The van der Waals surface area contributed by atoms with Gasteiger partial charge in [0.15, 0.2) is 0 Å². The molecule has 0 spiro atoms. The summed E-state index contributed by atoms with van der Waals surface area (Å²) in [6.45, 7) is 1.68. The van der Waals surface area contributed by atoms with Crippen molar-refractivity contribution in [3.63, 3.8) is 0 Å². The van der Waals surface area contributed by atoms with Gasteiger partial charge in [-0.05, 0) is 55.0 Å². The van der Waals surface area contributed by atoms with E-state index in [2.05, 4.69) is 0 Å². The molecule has 0 saturated carbocycles. The number of alkyl halides is 3. The van der Waals surface area contributed by atoms with Gasteiger partial charge in [0.25, 0.3) is 0 Å². The minimum Gasteiger partial charge on any atom is -0.259 e. The molecule has 0 amide bonds. The number of aryl methyl sites for hydroxylation is 1. The molecule has 1 fully saturated rings. The third-order valence-electron chi connectivity index (χ3n) is 4.25. The van der Waals surface area contributed by atoms with Crippen LogP contribution in [-0.2, 0) is 17.0 Å². The van der Waals surface area contributed by atoms with E-state index < -0.39 is 22.5 Å². The van der Waals surface area contributed by atoms with Crippen LogP contribution in [0.4, 0.5) is 13.2 Å². The summed E-state index contributed by atoms with van der Waals surface area (Å²) in [4.78, 5) is 0. The van der Waals surface area contributed by atoms with Gasteiger partial charge in [-0.25, -0.2) is 0 Å². The van der Waals surface area contributed by atoms with Crippen LogP contribution in [0.1, 0.15) is 42.4 Å². The largest absolute Gasteiger partial charge is 0.416 e. The standard InChI is InChI=1S/C16H17F3OS/c1-10-5-11(7-13(6-10)16(17,18)19)12-8-14-3-2-4-15(9-12)21(14)20/h5-8,14-15H,2-4,9H2,1H3. The van der Waals surface area contributed by atoms with Crippen molar-refractivity contribution in [3.8, 4) is 0 Å². The summed E-state index contributed by atoms with van der Waals surface area (Å²) in [6, 6.07) is 4.19. The van der Waals surface area contributed by atoms with Gasteiger partial charge in [0.2, 0.25) is 0 Å². The molecule has 1 aromatic rings. The Kier molecular flexibility index (Phi) is 3.72. The molecule has 1 nitrogen and oxygen atoms in total. The highest BCUT2D eigenvalue weighted by atomic mass is 32.2. The van der Waals surface area contributed by atoms with Crippen LogP contribution in [0.15, 0.2) is 24.3 Å². The number of hydrogen-bond donors (Lipinski definition) is 0. The summed E-state index contributed by atoms with van der Waals surface area (Å²) in [5, 5.41) is 0.126. The zero-order chi connectivity index (χ0) is 15.2. The highest BCUT2D eigenvalue weighted by Crippen LogP contribution is 2.39. The van der Waals surface area contributed by atoms with Crippen molar-refractivity contribution >= 4 is 16.4 Å². The molecule has 1 aromatic carbocycles. The first-order chi connectivity index (χ1) is 9.84. The lowest BCUT2D eigenvalue weighted by molar-refractivity contribution is -0.137. The van der Waals surface area contributed by atoms with Gasteiger partial charge in [0, 0.05) is 16.0 Å². The number of hydrogen-bond acceptors (Lipinski definition) is 1. The molecule has 5 heteroatoms. The van der Waals surface area contributed by atoms with Gasteiger partial charge in [0.05, 0.1) is 10.8 Å². The molecule has 3 unspecified atom stereocenters.